The van der Waals surface area contributed by atoms with Crippen LogP contribution in [0.3, 0.4) is 0 Å². The van der Waals surface area contributed by atoms with E-state index in [4.69, 9.17) is 9.47 Å². The molecule has 120 valence electrons. The zero-order valence-corrected chi connectivity index (χ0v) is 13.3. The molecule has 2 N–H and O–H groups in total. The average molecular weight is 332 g/mol. The maximum absolute atomic E-state index is 11.6. The normalized spacial score (nSPS) is 10.3. The molecular formula is C16H16N2O4S. The molecule has 0 aliphatic rings. The molecular weight excluding hydrogens is 316 g/mol. The summed E-state index contributed by atoms with van der Waals surface area (Å²) in [5.41, 5.74) is 4.55. The molecule has 0 aliphatic carbocycles. The van der Waals surface area contributed by atoms with Gasteiger partial charge in [0.25, 0.3) is 11.8 Å². The Hall–Kier alpha value is -2.80. The second kappa shape index (κ2) is 8.60. The van der Waals surface area contributed by atoms with Crippen LogP contribution in [0.5, 0.6) is 11.5 Å². The molecule has 6 nitrogen and oxygen atoms in total. The monoisotopic (exact) mass is 332 g/mol. The number of carbonyl (C=O) groups is 2. The summed E-state index contributed by atoms with van der Waals surface area (Å²) in [6.07, 6.45) is 3.00. The molecule has 0 bridgehead atoms. The van der Waals surface area contributed by atoms with Crippen molar-refractivity contribution >= 4 is 29.2 Å². The van der Waals surface area contributed by atoms with E-state index in [1.165, 1.54) is 24.5 Å². The van der Waals surface area contributed by atoms with Crippen molar-refractivity contribution < 1.29 is 19.1 Å². The van der Waals surface area contributed by atoms with Crippen molar-refractivity contribution in [1.82, 2.24) is 10.9 Å². The summed E-state index contributed by atoms with van der Waals surface area (Å²) in [5.74, 6) is 0.0788. The van der Waals surface area contributed by atoms with Crippen molar-refractivity contribution in [2.45, 2.75) is 0 Å². The number of carbonyl (C=O) groups excluding carboxylic acids is 2. The molecule has 0 saturated heterocycles. The molecule has 2 amide bonds. The predicted octanol–water partition coefficient (Wildman–Crippen LogP) is 2.00. The Morgan fingerprint density at radius 3 is 2.61 bits per heavy atom. The van der Waals surface area contributed by atoms with E-state index in [2.05, 4.69) is 10.9 Å². The highest BCUT2D eigenvalue weighted by Gasteiger charge is 2.07. The van der Waals surface area contributed by atoms with Crippen molar-refractivity contribution in [1.29, 1.82) is 0 Å². The first-order valence-corrected chi connectivity index (χ1v) is 7.63. The molecule has 1 heterocycles. The zero-order chi connectivity index (χ0) is 16.5. The van der Waals surface area contributed by atoms with Crippen LogP contribution in [0, 0.1) is 0 Å². The number of hydrogen-bond acceptors (Lipinski definition) is 5. The number of ether oxygens (including phenoxy) is 2. The second-order valence-electron chi connectivity index (χ2n) is 4.33. The van der Waals surface area contributed by atoms with Crippen LogP contribution >= 0.6 is 11.3 Å². The third-order valence-corrected chi connectivity index (χ3v) is 3.53. The second-order valence-corrected chi connectivity index (χ2v) is 5.30. The number of rotatable bonds is 6. The van der Waals surface area contributed by atoms with Crippen LogP contribution in [0.25, 0.3) is 6.08 Å². The van der Waals surface area contributed by atoms with Gasteiger partial charge in [0, 0.05) is 11.0 Å². The lowest BCUT2D eigenvalue weighted by molar-refractivity contribution is -0.128. The zero-order valence-electron chi connectivity index (χ0n) is 12.4. The predicted molar refractivity (Wildman–Crippen MR) is 88.1 cm³/mol. The molecule has 0 unspecified atom stereocenters. The van der Waals surface area contributed by atoms with E-state index in [1.54, 1.807) is 30.3 Å². The summed E-state index contributed by atoms with van der Waals surface area (Å²) < 4.78 is 10.4. The van der Waals surface area contributed by atoms with Crippen LogP contribution in [-0.2, 0) is 9.59 Å². The summed E-state index contributed by atoms with van der Waals surface area (Å²) >= 11 is 1.51. The lowest BCUT2D eigenvalue weighted by atomic mass is 10.3. The number of para-hydroxylation sites is 2. The maximum atomic E-state index is 11.6. The average Bonchev–Trinajstić information content (AvgIpc) is 3.10. The molecule has 0 atom stereocenters. The Labute approximate surface area is 137 Å². The highest BCUT2D eigenvalue weighted by molar-refractivity contribution is 7.10. The fourth-order valence-electron chi connectivity index (χ4n) is 1.63. The summed E-state index contributed by atoms with van der Waals surface area (Å²) in [5, 5.41) is 1.91. The van der Waals surface area contributed by atoms with Gasteiger partial charge >= 0.3 is 0 Å². The van der Waals surface area contributed by atoms with Gasteiger partial charge in [0.2, 0.25) is 0 Å². The third kappa shape index (κ3) is 5.48. The minimum atomic E-state index is -0.478. The summed E-state index contributed by atoms with van der Waals surface area (Å²) in [4.78, 5) is 24.1. The van der Waals surface area contributed by atoms with E-state index in [-0.39, 0.29) is 6.61 Å². The Morgan fingerprint density at radius 1 is 1.13 bits per heavy atom. The van der Waals surface area contributed by atoms with Gasteiger partial charge < -0.3 is 9.47 Å². The minimum absolute atomic E-state index is 0.241. The number of methoxy groups -OCH3 is 1. The van der Waals surface area contributed by atoms with Crippen molar-refractivity contribution in [3.05, 3.63) is 52.7 Å². The number of thiophene rings is 1. The van der Waals surface area contributed by atoms with Crippen LogP contribution in [0.1, 0.15) is 4.88 Å². The number of amides is 2. The standard InChI is InChI=1S/C16H16N2O4S/c1-21-13-6-2-3-7-14(13)22-11-16(20)18-17-15(19)9-8-12-5-4-10-23-12/h2-10H,11H2,1H3,(H,17,19)(H,18,20)/b9-8+. The first-order chi connectivity index (χ1) is 11.2. The van der Waals surface area contributed by atoms with Crippen molar-refractivity contribution in [3.63, 3.8) is 0 Å². The van der Waals surface area contributed by atoms with Gasteiger partial charge in [0.15, 0.2) is 18.1 Å². The summed E-state index contributed by atoms with van der Waals surface area (Å²) in [6.45, 7) is -0.241. The molecule has 2 aromatic rings. The fourth-order valence-corrected chi connectivity index (χ4v) is 2.25. The maximum Gasteiger partial charge on any atom is 0.276 e. The van der Waals surface area contributed by atoms with Crippen molar-refractivity contribution in [2.75, 3.05) is 13.7 Å². The van der Waals surface area contributed by atoms with E-state index in [0.717, 1.165) is 4.88 Å². The Bertz CT molecular complexity index is 683. The van der Waals surface area contributed by atoms with Gasteiger partial charge in [-0.15, -0.1) is 11.3 Å². The summed E-state index contributed by atoms with van der Waals surface area (Å²) in [6, 6.07) is 10.8. The number of nitrogens with one attached hydrogen (secondary N) is 2. The molecule has 0 radical (unpaired) electrons. The highest BCUT2D eigenvalue weighted by atomic mass is 32.1. The molecule has 1 aromatic heterocycles. The first kappa shape index (κ1) is 16.6. The van der Waals surface area contributed by atoms with Gasteiger partial charge in [0.1, 0.15) is 0 Å². The Morgan fingerprint density at radius 2 is 1.91 bits per heavy atom. The lowest BCUT2D eigenvalue weighted by Crippen LogP contribution is -2.43. The number of hydrogen-bond donors (Lipinski definition) is 2. The van der Waals surface area contributed by atoms with Gasteiger partial charge in [-0.2, -0.15) is 0 Å². The Kier molecular flexibility index (Phi) is 6.19. The molecule has 0 spiro atoms. The fraction of sp³-hybridized carbons (Fsp3) is 0.125. The quantitative estimate of drug-likeness (QED) is 0.626. The van der Waals surface area contributed by atoms with Crippen LogP contribution in [-0.4, -0.2) is 25.5 Å². The van der Waals surface area contributed by atoms with Crippen LogP contribution in [0.2, 0.25) is 0 Å². The molecule has 23 heavy (non-hydrogen) atoms. The molecule has 0 saturated carbocycles. The van der Waals surface area contributed by atoms with E-state index in [1.807, 2.05) is 17.5 Å². The van der Waals surface area contributed by atoms with Gasteiger partial charge in [-0.1, -0.05) is 18.2 Å². The number of hydrazine groups is 1. The highest BCUT2D eigenvalue weighted by Crippen LogP contribution is 2.25. The smallest absolute Gasteiger partial charge is 0.276 e. The van der Waals surface area contributed by atoms with Crippen molar-refractivity contribution in [2.24, 2.45) is 0 Å². The van der Waals surface area contributed by atoms with Gasteiger partial charge in [-0.05, 0) is 29.7 Å². The minimum Gasteiger partial charge on any atom is -0.493 e. The van der Waals surface area contributed by atoms with Crippen LogP contribution < -0.4 is 20.3 Å². The van der Waals surface area contributed by atoms with E-state index < -0.39 is 11.8 Å². The SMILES string of the molecule is COc1ccccc1OCC(=O)NNC(=O)/C=C/c1cccs1. The van der Waals surface area contributed by atoms with Crippen LogP contribution in [0.15, 0.2) is 47.9 Å². The third-order valence-electron chi connectivity index (χ3n) is 2.70. The van der Waals surface area contributed by atoms with Gasteiger partial charge in [0.05, 0.1) is 7.11 Å². The molecule has 2 rings (SSSR count). The van der Waals surface area contributed by atoms with Gasteiger partial charge in [-0.25, -0.2) is 0 Å². The molecule has 0 fully saturated rings. The van der Waals surface area contributed by atoms with Crippen LogP contribution in [0.4, 0.5) is 0 Å². The molecule has 1 aromatic carbocycles. The van der Waals surface area contributed by atoms with Crippen molar-refractivity contribution in [3.8, 4) is 11.5 Å². The van der Waals surface area contributed by atoms with E-state index in [9.17, 15) is 9.59 Å². The Balaban J connectivity index is 1.73. The molecule has 0 aliphatic heterocycles. The van der Waals surface area contributed by atoms with Gasteiger partial charge in [-0.3, -0.25) is 20.4 Å². The van der Waals surface area contributed by atoms with E-state index in [0.29, 0.717) is 11.5 Å². The topological polar surface area (TPSA) is 76.7 Å². The summed E-state index contributed by atoms with van der Waals surface area (Å²) in [7, 11) is 1.52. The number of benzene rings is 1. The first-order valence-electron chi connectivity index (χ1n) is 6.75. The lowest BCUT2D eigenvalue weighted by Gasteiger charge is -2.10. The largest absolute Gasteiger partial charge is 0.493 e. The molecule has 7 heteroatoms. The van der Waals surface area contributed by atoms with E-state index >= 15 is 0 Å².